The number of rotatable bonds is 8. The van der Waals surface area contributed by atoms with Gasteiger partial charge in [0.15, 0.2) is 0 Å². The summed E-state index contributed by atoms with van der Waals surface area (Å²) >= 11 is 0. The molecule has 0 aliphatic heterocycles. The molecule has 0 aliphatic carbocycles. The third kappa shape index (κ3) is 5.76. The van der Waals surface area contributed by atoms with Crippen molar-refractivity contribution in [3.63, 3.8) is 0 Å². The number of carbonyl (C=O) groups is 1. The molecule has 3 aromatic rings. The molecule has 3 rings (SSSR count). The summed E-state index contributed by atoms with van der Waals surface area (Å²) in [7, 11) is 0. The van der Waals surface area contributed by atoms with Gasteiger partial charge in [-0.25, -0.2) is 0 Å². The smallest absolute Gasteiger partial charge is 0.310 e. The highest BCUT2D eigenvalue weighted by molar-refractivity contribution is 5.73. The molecule has 0 atom stereocenters. The highest BCUT2D eigenvalue weighted by atomic mass is 16.5. The minimum absolute atomic E-state index is 0.187. The molecule has 2 aromatic carbocycles. The summed E-state index contributed by atoms with van der Waals surface area (Å²) in [5.74, 6) is -0.187. The first kappa shape index (κ1) is 18.8. The van der Waals surface area contributed by atoms with Crippen LogP contribution in [0.3, 0.4) is 0 Å². The van der Waals surface area contributed by atoms with E-state index in [1.54, 1.807) is 6.20 Å². The first-order valence-electron chi connectivity index (χ1n) is 9.18. The highest BCUT2D eigenvalue weighted by Crippen LogP contribution is 2.20. The van der Waals surface area contributed by atoms with Crippen molar-refractivity contribution < 1.29 is 9.53 Å². The van der Waals surface area contributed by atoms with E-state index >= 15 is 0 Å². The van der Waals surface area contributed by atoms with Crippen LogP contribution in [0.25, 0.3) is 11.1 Å². The molecule has 1 heterocycles. The lowest BCUT2D eigenvalue weighted by Crippen LogP contribution is -2.12. The van der Waals surface area contributed by atoms with Crippen LogP contribution in [-0.2, 0) is 29.0 Å². The van der Waals surface area contributed by atoms with Crippen molar-refractivity contribution in [2.75, 3.05) is 6.61 Å². The minimum Gasteiger partial charge on any atom is -0.466 e. The Morgan fingerprint density at radius 3 is 2.11 bits per heavy atom. The van der Waals surface area contributed by atoms with Crippen LogP contribution in [0, 0.1) is 0 Å². The van der Waals surface area contributed by atoms with Crippen molar-refractivity contribution in [3.8, 4) is 11.1 Å². The third-order valence-electron chi connectivity index (χ3n) is 4.28. The van der Waals surface area contributed by atoms with Crippen LogP contribution in [0.2, 0.25) is 0 Å². The first-order valence-corrected chi connectivity index (χ1v) is 9.18. The average Bonchev–Trinajstić information content (AvgIpc) is 2.70. The Balaban J connectivity index is 1.54. The van der Waals surface area contributed by atoms with E-state index in [0.29, 0.717) is 13.0 Å². The molecule has 0 radical (unpaired) electrons. The molecule has 0 unspecified atom stereocenters. The van der Waals surface area contributed by atoms with E-state index in [-0.39, 0.29) is 5.97 Å². The second-order valence-electron chi connectivity index (χ2n) is 6.34. The van der Waals surface area contributed by atoms with Gasteiger partial charge in [-0.15, -0.1) is 0 Å². The lowest BCUT2D eigenvalue weighted by molar-refractivity contribution is -0.142. The summed E-state index contributed by atoms with van der Waals surface area (Å²) in [6.45, 7) is 3.85. The predicted octanol–water partition coefficient (Wildman–Crippen LogP) is 4.14. The number of hydrogen-bond acceptors (Lipinski definition) is 4. The molecule has 0 saturated heterocycles. The summed E-state index contributed by atoms with van der Waals surface area (Å²) in [6.07, 6.45) is 3.98. The number of benzene rings is 2. The standard InChI is InChI=1S/C23H24N2O2/c1-2-27-23(26)14-18-5-9-21(10-6-18)22-11-7-19(8-12-22)15-25-17-20-4-3-13-24-16-20/h3-13,16,25H,2,14-15,17H2,1H3. The molecular formula is C23H24N2O2. The lowest BCUT2D eigenvalue weighted by atomic mass is 10.0. The Morgan fingerprint density at radius 2 is 1.52 bits per heavy atom. The fourth-order valence-electron chi connectivity index (χ4n) is 2.86. The molecule has 0 spiro atoms. The fraction of sp³-hybridized carbons (Fsp3) is 0.217. The Bertz CT molecular complexity index is 844. The molecule has 1 aromatic heterocycles. The molecule has 1 N–H and O–H groups in total. The zero-order chi connectivity index (χ0) is 18.9. The molecule has 4 heteroatoms. The van der Waals surface area contributed by atoms with Crippen molar-refractivity contribution in [1.29, 1.82) is 0 Å². The quantitative estimate of drug-likeness (QED) is 0.613. The summed E-state index contributed by atoms with van der Waals surface area (Å²) in [6, 6.07) is 20.6. The zero-order valence-corrected chi connectivity index (χ0v) is 15.5. The molecule has 0 bridgehead atoms. The highest BCUT2D eigenvalue weighted by Gasteiger charge is 2.04. The molecule has 27 heavy (non-hydrogen) atoms. The van der Waals surface area contributed by atoms with E-state index in [1.807, 2.05) is 43.5 Å². The normalized spacial score (nSPS) is 10.6. The maximum atomic E-state index is 11.6. The van der Waals surface area contributed by atoms with Gasteiger partial charge in [-0.05, 0) is 40.8 Å². The monoisotopic (exact) mass is 360 g/mol. The van der Waals surface area contributed by atoms with E-state index in [9.17, 15) is 4.79 Å². The molecular weight excluding hydrogens is 336 g/mol. The number of esters is 1. The van der Waals surface area contributed by atoms with Crippen molar-refractivity contribution in [2.45, 2.75) is 26.4 Å². The number of aromatic nitrogens is 1. The van der Waals surface area contributed by atoms with Crippen LogP contribution < -0.4 is 5.32 Å². The average molecular weight is 360 g/mol. The van der Waals surface area contributed by atoms with E-state index in [2.05, 4.69) is 40.6 Å². The number of nitrogens with zero attached hydrogens (tertiary/aromatic N) is 1. The van der Waals surface area contributed by atoms with Gasteiger partial charge in [0.2, 0.25) is 0 Å². The molecule has 138 valence electrons. The lowest BCUT2D eigenvalue weighted by Gasteiger charge is -2.08. The van der Waals surface area contributed by atoms with E-state index in [1.165, 1.54) is 11.1 Å². The molecule has 0 saturated carbocycles. The zero-order valence-electron chi connectivity index (χ0n) is 15.5. The summed E-state index contributed by atoms with van der Waals surface area (Å²) in [4.78, 5) is 15.7. The maximum Gasteiger partial charge on any atom is 0.310 e. The van der Waals surface area contributed by atoms with Crippen LogP contribution in [0.4, 0.5) is 0 Å². The first-order chi connectivity index (χ1) is 13.2. The Hall–Kier alpha value is -2.98. The van der Waals surface area contributed by atoms with Gasteiger partial charge in [0.25, 0.3) is 0 Å². The Morgan fingerprint density at radius 1 is 0.889 bits per heavy atom. The van der Waals surface area contributed by atoms with Crippen molar-refractivity contribution in [1.82, 2.24) is 10.3 Å². The van der Waals surface area contributed by atoms with E-state index in [4.69, 9.17) is 4.74 Å². The Kier molecular flexibility index (Phi) is 6.72. The minimum atomic E-state index is -0.187. The second-order valence-corrected chi connectivity index (χ2v) is 6.34. The molecule has 4 nitrogen and oxygen atoms in total. The van der Waals surface area contributed by atoms with Crippen molar-refractivity contribution in [2.24, 2.45) is 0 Å². The van der Waals surface area contributed by atoms with E-state index < -0.39 is 0 Å². The predicted molar refractivity (Wildman–Crippen MR) is 107 cm³/mol. The van der Waals surface area contributed by atoms with Gasteiger partial charge in [0.1, 0.15) is 0 Å². The van der Waals surface area contributed by atoms with E-state index in [0.717, 1.165) is 29.8 Å². The SMILES string of the molecule is CCOC(=O)Cc1ccc(-c2ccc(CNCc3cccnc3)cc2)cc1. The van der Waals surface area contributed by atoms with Gasteiger partial charge in [0, 0.05) is 25.5 Å². The number of pyridine rings is 1. The maximum absolute atomic E-state index is 11.6. The topological polar surface area (TPSA) is 51.2 Å². The van der Waals surface area contributed by atoms with Crippen LogP contribution in [0.5, 0.6) is 0 Å². The molecule has 0 amide bonds. The molecule has 0 fully saturated rings. The largest absolute Gasteiger partial charge is 0.466 e. The van der Waals surface area contributed by atoms with Crippen LogP contribution in [0.1, 0.15) is 23.6 Å². The van der Waals surface area contributed by atoms with Crippen molar-refractivity contribution in [3.05, 3.63) is 89.7 Å². The Labute approximate surface area is 160 Å². The van der Waals surface area contributed by atoms with Gasteiger partial charge < -0.3 is 10.1 Å². The third-order valence-corrected chi connectivity index (χ3v) is 4.28. The van der Waals surface area contributed by atoms with Crippen LogP contribution >= 0.6 is 0 Å². The fourth-order valence-corrected chi connectivity index (χ4v) is 2.86. The molecule has 0 aliphatic rings. The van der Waals surface area contributed by atoms with Gasteiger partial charge in [-0.1, -0.05) is 54.6 Å². The summed E-state index contributed by atoms with van der Waals surface area (Å²) < 4.78 is 4.99. The van der Waals surface area contributed by atoms with Gasteiger partial charge in [-0.2, -0.15) is 0 Å². The number of nitrogens with one attached hydrogen (secondary N) is 1. The number of carbonyl (C=O) groups excluding carboxylic acids is 1. The second kappa shape index (κ2) is 9.64. The van der Waals surface area contributed by atoms with Crippen LogP contribution in [-0.4, -0.2) is 17.6 Å². The van der Waals surface area contributed by atoms with Crippen LogP contribution in [0.15, 0.2) is 73.1 Å². The van der Waals surface area contributed by atoms with Gasteiger partial charge in [0.05, 0.1) is 13.0 Å². The number of hydrogen-bond donors (Lipinski definition) is 1. The summed E-state index contributed by atoms with van der Waals surface area (Å²) in [5.41, 5.74) is 5.68. The van der Waals surface area contributed by atoms with Crippen molar-refractivity contribution >= 4 is 5.97 Å². The summed E-state index contributed by atoms with van der Waals surface area (Å²) in [5, 5.41) is 3.43. The number of ether oxygens (including phenoxy) is 1. The van der Waals surface area contributed by atoms with Gasteiger partial charge >= 0.3 is 5.97 Å². The van der Waals surface area contributed by atoms with Gasteiger partial charge in [-0.3, -0.25) is 9.78 Å².